The van der Waals surface area contributed by atoms with Gasteiger partial charge in [-0.1, -0.05) is 87.4 Å². The first-order chi connectivity index (χ1) is 12.0. The lowest BCUT2D eigenvalue weighted by molar-refractivity contribution is 0.569. The minimum Gasteiger partial charge on any atom is -0.323 e. The summed E-state index contributed by atoms with van der Waals surface area (Å²) in [6.07, 6.45) is 5.38. The molecule has 136 valence electrons. The van der Waals surface area contributed by atoms with E-state index in [0.29, 0.717) is 18.2 Å². The third-order valence-electron chi connectivity index (χ3n) is 4.64. The Hall–Kier alpha value is -1.10. The molecule has 0 amide bonds. The summed E-state index contributed by atoms with van der Waals surface area (Å²) in [5, 5.41) is 1.66. The van der Waals surface area contributed by atoms with Crippen LogP contribution in [-0.4, -0.2) is 18.2 Å². The zero-order valence-electron chi connectivity index (χ0n) is 15.4. The number of hydrogen-bond acceptors (Lipinski definition) is 2. The van der Waals surface area contributed by atoms with Crippen LogP contribution < -0.4 is 10.6 Å². The molecule has 0 N–H and O–H groups in total. The highest BCUT2D eigenvalue weighted by Crippen LogP contribution is 2.61. The van der Waals surface area contributed by atoms with E-state index in [4.69, 9.17) is 0 Å². The van der Waals surface area contributed by atoms with Crippen molar-refractivity contribution in [1.29, 1.82) is 0 Å². The fourth-order valence-corrected chi connectivity index (χ4v) is 12.1. The van der Waals surface area contributed by atoms with Crippen LogP contribution in [0.15, 0.2) is 60.7 Å². The second-order valence-corrected chi connectivity index (χ2v) is 13.4. The van der Waals surface area contributed by atoms with Crippen molar-refractivity contribution >= 4 is 24.9 Å². The van der Waals surface area contributed by atoms with Gasteiger partial charge < -0.3 is 9.13 Å². The van der Waals surface area contributed by atoms with Gasteiger partial charge in [0.1, 0.15) is 7.14 Å². The summed E-state index contributed by atoms with van der Waals surface area (Å²) in [6.45, 7) is 4.25. The van der Waals surface area contributed by atoms with Crippen molar-refractivity contribution in [2.45, 2.75) is 39.5 Å². The molecule has 0 aliphatic rings. The lowest BCUT2D eigenvalue weighted by atomic mass is 10.4. The topological polar surface area (TPSA) is 34.1 Å². The lowest BCUT2D eigenvalue weighted by Crippen LogP contribution is -2.19. The summed E-state index contributed by atoms with van der Waals surface area (Å²) in [5.74, 6) is 0.327. The molecule has 0 spiro atoms. The fraction of sp³-hybridized carbons (Fsp3) is 0.429. The Kier molecular flexibility index (Phi) is 7.73. The van der Waals surface area contributed by atoms with E-state index in [1.807, 2.05) is 60.7 Å². The van der Waals surface area contributed by atoms with E-state index >= 15 is 0 Å². The van der Waals surface area contributed by atoms with Crippen LogP contribution in [0.4, 0.5) is 0 Å². The maximum absolute atomic E-state index is 14.2. The Morgan fingerprint density at radius 1 is 0.680 bits per heavy atom. The van der Waals surface area contributed by atoms with Crippen molar-refractivity contribution in [3.05, 3.63) is 60.7 Å². The van der Waals surface area contributed by atoms with E-state index < -0.39 is 14.3 Å². The first-order valence-electron chi connectivity index (χ1n) is 9.31. The fourth-order valence-electron chi connectivity index (χ4n) is 3.16. The molecule has 0 radical (unpaired) electrons. The van der Waals surface area contributed by atoms with Crippen LogP contribution in [0.2, 0.25) is 0 Å². The van der Waals surface area contributed by atoms with Crippen LogP contribution in [0.1, 0.15) is 39.5 Å². The highest BCUT2D eigenvalue weighted by atomic mass is 31.2. The smallest absolute Gasteiger partial charge is 0.150 e. The first kappa shape index (κ1) is 20.2. The number of rotatable bonds is 10. The number of hydrogen-bond donors (Lipinski definition) is 0. The minimum absolute atomic E-state index is 0.327. The molecule has 2 aromatic rings. The summed E-state index contributed by atoms with van der Waals surface area (Å²) in [7, 11) is -5.36. The lowest BCUT2D eigenvalue weighted by Gasteiger charge is -2.26. The van der Waals surface area contributed by atoms with Crippen molar-refractivity contribution in [2.24, 2.45) is 0 Å². The SMILES string of the molecule is CCCCP(=O)(CCCC)CP(=O)(c1ccccc1)c1ccccc1. The molecule has 0 aliphatic heterocycles. The summed E-state index contributed by atoms with van der Waals surface area (Å²) in [6, 6.07) is 19.3. The minimum atomic E-state index is -2.89. The van der Waals surface area contributed by atoms with Gasteiger partial charge in [-0.2, -0.15) is 0 Å². The predicted octanol–water partition coefficient (Wildman–Crippen LogP) is 5.92. The van der Waals surface area contributed by atoms with Gasteiger partial charge in [0, 0.05) is 22.9 Å². The van der Waals surface area contributed by atoms with E-state index in [0.717, 1.165) is 36.3 Å². The largest absolute Gasteiger partial charge is 0.323 e. The molecule has 0 saturated heterocycles. The summed E-state index contributed by atoms with van der Waals surface area (Å²) < 4.78 is 27.9. The van der Waals surface area contributed by atoms with Gasteiger partial charge in [0.2, 0.25) is 0 Å². The van der Waals surface area contributed by atoms with Gasteiger partial charge >= 0.3 is 0 Å². The van der Waals surface area contributed by atoms with Gasteiger partial charge in [0.25, 0.3) is 0 Å². The van der Waals surface area contributed by atoms with Crippen LogP contribution in [0, 0.1) is 0 Å². The second-order valence-electron chi connectivity index (χ2n) is 6.76. The molecule has 0 bridgehead atoms. The molecule has 0 atom stereocenters. The molecule has 0 fully saturated rings. The highest BCUT2D eigenvalue weighted by Gasteiger charge is 2.35. The molecule has 0 unspecified atom stereocenters. The number of benzene rings is 2. The third kappa shape index (κ3) is 5.44. The Bertz CT molecular complexity index is 671. The zero-order valence-corrected chi connectivity index (χ0v) is 17.2. The Morgan fingerprint density at radius 3 is 1.44 bits per heavy atom. The number of unbranched alkanes of at least 4 members (excludes halogenated alkanes) is 2. The molecular weight excluding hydrogens is 346 g/mol. The van der Waals surface area contributed by atoms with Gasteiger partial charge in [0.05, 0.1) is 13.0 Å². The van der Waals surface area contributed by atoms with E-state index in [1.165, 1.54) is 0 Å². The van der Waals surface area contributed by atoms with E-state index in [9.17, 15) is 9.13 Å². The second kappa shape index (κ2) is 9.56. The van der Waals surface area contributed by atoms with Crippen LogP contribution in [0.5, 0.6) is 0 Å². The molecule has 2 rings (SSSR count). The quantitative estimate of drug-likeness (QED) is 0.482. The highest BCUT2D eigenvalue weighted by molar-refractivity contribution is 7.88. The molecule has 0 saturated carbocycles. The van der Waals surface area contributed by atoms with Crippen molar-refractivity contribution in [2.75, 3.05) is 18.2 Å². The molecule has 2 aromatic carbocycles. The first-order valence-corrected chi connectivity index (χ1v) is 13.5. The molecular formula is C21H30O2P2. The van der Waals surface area contributed by atoms with Gasteiger partial charge in [-0.3, -0.25) is 0 Å². The van der Waals surface area contributed by atoms with E-state index in [2.05, 4.69) is 13.8 Å². The maximum Gasteiger partial charge on any atom is 0.150 e. The van der Waals surface area contributed by atoms with Crippen LogP contribution >= 0.6 is 14.3 Å². The normalized spacial score (nSPS) is 12.2. The van der Waals surface area contributed by atoms with Gasteiger partial charge in [-0.15, -0.1) is 0 Å². The Labute approximate surface area is 152 Å². The molecule has 0 aliphatic carbocycles. The van der Waals surface area contributed by atoms with Crippen LogP contribution in [-0.2, 0) is 9.13 Å². The van der Waals surface area contributed by atoms with Gasteiger partial charge in [-0.05, 0) is 12.8 Å². The molecule has 25 heavy (non-hydrogen) atoms. The summed E-state index contributed by atoms with van der Waals surface area (Å²) in [4.78, 5) is 0. The summed E-state index contributed by atoms with van der Waals surface area (Å²) >= 11 is 0. The van der Waals surface area contributed by atoms with Crippen LogP contribution in [0.3, 0.4) is 0 Å². The maximum atomic E-state index is 14.2. The van der Waals surface area contributed by atoms with Gasteiger partial charge in [0.15, 0.2) is 0 Å². The van der Waals surface area contributed by atoms with Gasteiger partial charge in [-0.25, -0.2) is 0 Å². The van der Waals surface area contributed by atoms with Crippen molar-refractivity contribution in [3.63, 3.8) is 0 Å². The van der Waals surface area contributed by atoms with Crippen molar-refractivity contribution in [3.8, 4) is 0 Å². The predicted molar refractivity (Wildman–Crippen MR) is 112 cm³/mol. The molecule has 4 heteroatoms. The van der Waals surface area contributed by atoms with Crippen LogP contribution in [0.25, 0.3) is 0 Å². The van der Waals surface area contributed by atoms with E-state index in [1.54, 1.807) is 0 Å². The monoisotopic (exact) mass is 376 g/mol. The third-order valence-corrected chi connectivity index (χ3v) is 12.8. The Balaban J connectivity index is 2.45. The van der Waals surface area contributed by atoms with E-state index in [-0.39, 0.29) is 0 Å². The zero-order chi connectivity index (χ0) is 18.2. The Morgan fingerprint density at radius 2 is 1.08 bits per heavy atom. The van der Waals surface area contributed by atoms with Crippen molar-refractivity contribution in [1.82, 2.24) is 0 Å². The summed E-state index contributed by atoms with van der Waals surface area (Å²) in [5.41, 5.74) is 0. The standard InChI is InChI=1S/C21H30O2P2/c1-3-5-17-24(22,18-6-4-2)19-25(23,20-13-9-7-10-14-20)21-15-11-8-12-16-21/h7-16H,3-6,17-19H2,1-2H3. The van der Waals surface area contributed by atoms with Crippen molar-refractivity contribution < 1.29 is 9.13 Å². The molecule has 2 nitrogen and oxygen atoms in total. The molecule has 0 aromatic heterocycles. The average molecular weight is 376 g/mol. The molecule has 0 heterocycles. The average Bonchev–Trinajstić information content (AvgIpc) is 2.66.